The number of hydrogen-bond donors (Lipinski definition) is 2. The van der Waals surface area contributed by atoms with Gasteiger partial charge < -0.3 is 10.4 Å². The minimum absolute atomic E-state index is 0.0481. The predicted octanol–water partition coefficient (Wildman–Crippen LogP) is 0.836. The number of carbonyl (C=O) groups excluding carboxylic acids is 1. The number of para-hydroxylation sites is 2. The van der Waals surface area contributed by atoms with Gasteiger partial charge in [0.2, 0.25) is 0 Å². The summed E-state index contributed by atoms with van der Waals surface area (Å²) in [5, 5.41) is 11.2. The van der Waals surface area contributed by atoms with Gasteiger partial charge in [-0.3, -0.25) is 9.78 Å². The third-order valence-corrected chi connectivity index (χ3v) is 2.61. The largest absolute Gasteiger partial charge is 0.480 e. The number of nitrogens with one attached hydrogen (secondary N) is 1. The van der Waals surface area contributed by atoms with Crippen LogP contribution in [0.4, 0.5) is 0 Å². The number of rotatable bonds is 4. The first-order chi connectivity index (χ1) is 9.61. The van der Waals surface area contributed by atoms with Crippen molar-refractivity contribution < 1.29 is 14.7 Å². The van der Waals surface area contributed by atoms with Crippen LogP contribution in [-0.2, 0) is 4.79 Å². The van der Waals surface area contributed by atoms with Crippen molar-refractivity contribution in [3.8, 4) is 12.3 Å². The number of aliphatic carboxylic acids is 1. The average molecular weight is 269 g/mol. The van der Waals surface area contributed by atoms with Crippen LogP contribution >= 0.6 is 0 Å². The first-order valence-corrected chi connectivity index (χ1v) is 5.80. The molecule has 2 rings (SSSR count). The van der Waals surface area contributed by atoms with Crippen molar-refractivity contribution in [1.82, 2.24) is 15.3 Å². The lowest BCUT2D eigenvalue weighted by Crippen LogP contribution is -2.40. The fraction of sp³-hybridized carbons (Fsp3) is 0.143. The Morgan fingerprint density at radius 2 is 2.05 bits per heavy atom. The van der Waals surface area contributed by atoms with E-state index in [1.165, 1.54) is 6.20 Å². The Morgan fingerprint density at radius 3 is 2.70 bits per heavy atom. The maximum absolute atomic E-state index is 11.9. The quantitative estimate of drug-likeness (QED) is 0.802. The van der Waals surface area contributed by atoms with E-state index in [9.17, 15) is 9.59 Å². The molecule has 100 valence electrons. The lowest BCUT2D eigenvalue weighted by molar-refractivity contribution is -0.139. The number of aromatic nitrogens is 2. The molecule has 6 heteroatoms. The van der Waals surface area contributed by atoms with E-state index in [-0.39, 0.29) is 12.1 Å². The number of nitrogens with zero attached hydrogens (tertiary/aromatic N) is 2. The molecular weight excluding hydrogens is 258 g/mol. The normalized spacial score (nSPS) is 11.6. The van der Waals surface area contributed by atoms with Gasteiger partial charge in [-0.25, -0.2) is 9.78 Å². The van der Waals surface area contributed by atoms with Crippen molar-refractivity contribution in [3.63, 3.8) is 0 Å². The highest BCUT2D eigenvalue weighted by atomic mass is 16.4. The van der Waals surface area contributed by atoms with E-state index in [0.29, 0.717) is 11.0 Å². The summed E-state index contributed by atoms with van der Waals surface area (Å²) in [7, 11) is 0. The van der Waals surface area contributed by atoms with Gasteiger partial charge in [-0.05, 0) is 12.1 Å². The molecule has 1 heterocycles. The molecule has 0 saturated heterocycles. The fourth-order valence-electron chi connectivity index (χ4n) is 1.62. The zero-order valence-electron chi connectivity index (χ0n) is 10.4. The van der Waals surface area contributed by atoms with Gasteiger partial charge in [0, 0.05) is 6.42 Å². The highest BCUT2D eigenvalue weighted by molar-refractivity contribution is 5.96. The minimum atomic E-state index is -1.19. The molecule has 2 aromatic rings. The van der Waals surface area contributed by atoms with Crippen LogP contribution in [0.15, 0.2) is 30.5 Å². The van der Waals surface area contributed by atoms with E-state index < -0.39 is 17.9 Å². The van der Waals surface area contributed by atoms with Gasteiger partial charge >= 0.3 is 5.97 Å². The van der Waals surface area contributed by atoms with Gasteiger partial charge in [-0.1, -0.05) is 12.1 Å². The van der Waals surface area contributed by atoms with Gasteiger partial charge in [0.15, 0.2) is 0 Å². The zero-order valence-corrected chi connectivity index (χ0v) is 10.4. The Labute approximate surface area is 114 Å². The number of amides is 1. The van der Waals surface area contributed by atoms with E-state index in [2.05, 4.69) is 21.2 Å². The van der Waals surface area contributed by atoms with Gasteiger partial charge in [0.25, 0.3) is 5.91 Å². The molecule has 1 amide bonds. The summed E-state index contributed by atoms with van der Waals surface area (Å²) < 4.78 is 0. The summed E-state index contributed by atoms with van der Waals surface area (Å²) >= 11 is 0. The average Bonchev–Trinajstić information content (AvgIpc) is 2.46. The van der Waals surface area contributed by atoms with Crippen molar-refractivity contribution in [2.45, 2.75) is 12.5 Å². The van der Waals surface area contributed by atoms with Crippen LogP contribution in [0.5, 0.6) is 0 Å². The molecule has 1 aromatic heterocycles. The minimum Gasteiger partial charge on any atom is -0.480 e. The summed E-state index contributed by atoms with van der Waals surface area (Å²) in [5.74, 6) is 0.395. The topological polar surface area (TPSA) is 92.2 Å². The van der Waals surface area contributed by atoms with E-state index in [1.807, 2.05) is 6.07 Å². The van der Waals surface area contributed by atoms with Crippen LogP contribution in [0, 0.1) is 12.3 Å². The lowest BCUT2D eigenvalue weighted by Gasteiger charge is -2.11. The SMILES string of the molecule is C#CCC(NC(=O)c1cnc2ccccc2n1)C(=O)O. The molecule has 0 bridgehead atoms. The van der Waals surface area contributed by atoms with Crippen LogP contribution < -0.4 is 5.32 Å². The third kappa shape index (κ3) is 2.90. The molecule has 6 nitrogen and oxygen atoms in total. The molecular formula is C14H11N3O3. The molecule has 0 aliphatic rings. The fourth-order valence-corrected chi connectivity index (χ4v) is 1.62. The molecule has 0 spiro atoms. The summed E-state index contributed by atoms with van der Waals surface area (Å²) in [4.78, 5) is 31.1. The van der Waals surface area contributed by atoms with Gasteiger partial charge in [0.1, 0.15) is 11.7 Å². The summed E-state index contributed by atoms with van der Waals surface area (Å²) in [6.07, 6.45) is 6.27. The van der Waals surface area contributed by atoms with Crippen LogP contribution in [0.2, 0.25) is 0 Å². The maximum Gasteiger partial charge on any atom is 0.327 e. The zero-order chi connectivity index (χ0) is 14.5. The van der Waals surface area contributed by atoms with Crippen molar-refractivity contribution >= 4 is 22.9 Å². The molecule has 1 unspecified atom stereocenters. The second-order valence-electron chi connectivity index (χ2n) is 4.02. The maximum atomic E-state index is 11.9. The predicted molar refractivity (Wildman–Crippen MR) is 71.9 cm³/mol. The number of fused-ring (bicyclic) bond motifs is 1. The Balaban J connectivity index is 2.22. The van der Waals surface area contributed by atoms with E-state index in [1.54, 1.807) is 18.2 Å². The number of hydrogen-bond acceptors (Lipinski definition) is 4. The van der Waals surface area contributed by atoms with Crippen molar-refractivity contribution in [2.24, 2.45) is 0 Å². The monoisotopic (exact) mass is 269 g/mol. The smallest absolute Gasteiger partial charge is 0.327 e. The first-order valence-electron chi connectivity index (χ1n) is 5.80. The molecule has 0 aliphatic carbocycles. The molecule has 2 N–H and O–H groups in total. The van der Waals surface area contributed by atoms with Crippen LogP contribution in [0.25, 0.3) is 11.0 Å². The molecule has 0 fully saturated rings. The van der Waals surface area contributed by atoms with Crippen LogP contribution in [0.1, 0.15) is 16.9 Å². The third-order valence-electron chi connectivity index (χ3n) is 2.61. The Bertz CT molecular complexity index is 706. The molecule has 1 aromatic carbocycles. The molecule has 0 radical (unpaired) electrons. The highest BCUT2D eigenvalue weighted by Gasteiger charge is 2.20. The first kappa shape index (κ1) is 13.5. The van der Waals surface area contributed by atoms with Crippen LogP contribution in [-0.4, -0.2) is 33.0 Å². The number of benzene rings is 1. The second-order valence-corrected chi connectivity index (χ2v) is 4.02. The standard InChI is InChI=1S/C14H11N3O3/c1-2-5-11(14(19)20)17-13(18)12-8-15-9-6-3-4-7-10(9)16-12/h1,3-4,6-8,11H,5H2,(H,17,18)(H,19,20). The molecule has 0 saturated carbocycles. The van der Waals surface area contributed by atoms with Crippen molar-refractivity contribution in [3.05, 3.63) is 36.2 Å². The number of carboxylic acid groups (broad SMARTS) is 1. The van der Waals surface area contributed by atoms with Crippen LogP contribution in [0.3, 0.4) is 0 Å². The lowest BCUT2D eigenvalue weighted by atomic mass is 10.2. The van der Waals surface area contributed by atoms with Gasteiger partial charge in [0.05, 0.1) is 17.2 Å². The summed E-state index contributed by atoms with van der Waals surface area (Å²) in [5.41, 5.74) is 1.26. The molecule has 1 atom stereocenters. The summed E-state index contributed by atoms with van der Waals surface area (Å²) in [6, 6.07) is 5.93. The second kappa shape index (κ2) is 5.80. The molecule has 0 aliphatic heterocycles. The van der Waals surface area contributed by atoms with E-state index in [4.69, 9.17) is 11.5 Å². The van der Waals surface area contributed by atoms with E-state index >= 15 is 0 Å². The summed E-state index contributed by atoms with van der Waals surface area (Å²) in [6.45, 7) is 0. The number of terminal acetylenes is 1. The Kier molecular flexibility index (Phi) is 3.91. The van der Waals surface area contributed by atoms with Gasteiger partial charge in [-0.15, -0.1) is 12.3 Å². The Morgan fingerprint density at radius 1 is 1.35 bits per heavy atom. The van der Waals surface area contributed by atoms with Gasteiger partial charge in [-0.2, -0.15) is 0 Å². The number of carboxylic acids is 1. The van der Waals surface area contributed by atoms with E-state index in [0.717, 1.165) is 0 Å². The van der Waals surface area contributed by atoms with Crippen molar-refractivity contribution in [2.75, 3.05) is 0 Å². The highest BCUT2D eigenvalue weighted by Crippen LogP contribution is 2.08. The Hall–Kier alpha value is -2.94. The molecule has 20 heavy (non-hydrogen) atoms. The van der Waals surface area contributed by atoms with Crippen molar-refractivity contribution in [1.29, 1.82) is 0 Å². The number of carbonyl (C=O) groups is 2.